The van der Waals surface area contributed by atoms with Crippen molar-refractivity contribution in [2.75, 3.05) is 0 Å². The first-order chi connectivity index (χ1) is 12.0. The normalized spacial score (nSPS) is 12.0. The first-order valence-electron chi connectivity index (χ1n) is 7.93. The van der Waals surface area contributed by atoms with Crippen molar-refractivity contribution >= 4 is 5.91 Å². The summed E-state index contributed by atoms with van der Waals surface area (Å²) in [6, 6.07) is 7.74. The summed E-state index contributed by atoms with van der Waals surface area (Å²) < 4.78 is 1.87. The molecule has 7 heteroatoms. The maximum absolute atomic E-state index is 12.3. The average Bonchev–Trinajstić information content (AvgIpc) is 2.97. The summed E-state index contributed by atoms with van der Waals surface area (Å²) in [5.74, 6) is -0.355. The highest BCUT2D eigenvalue weighted by molar-refractivity contribution is 5.92. The third-order valence-electron chi connectivity index (χ3n) is 4.11. The molecule has 1 unspecified atom stereocenters. The maximum atomic E-state index is 12.3. The first kappa shape index (κ1) is 16.6. The number of nitrogens with one attached hydrogen (secondary N) is 2. The number of hydrogen-bond acceptors (Lipinski definition) is 4. The molecule has 3 rings (SSSR count). The minimum Gasteiger partial charge on any atom is -0.344 e. The second-order valence-electron chi connectivity index (χ2n) is 5.88. The van der Waals surface area contributed by atoms with Gasteiger partial charge in [-0.25, -0.2) is 9.67 Å². The van der Waals surface area contributed by atoms with Crippen LogP contribution in [0.2, 0.25) is 0 Å². The van der Waals surface area contributed by atoms with Gasteiger partial charge in [0, 0.05) is 17.5 Å². The Morgan fingerprint density at radius 1 is 1.24 bits per heavy atom. The van der Waals surface area contributed by atoms with E-state index in [9.17, 15) is 9.59 Å². The van der Waals surface area contributed by atoms with Gasteiger partial charge in [0.2, 0.25) is 0 Å². The molecule has 0 aliphatic carbocycles. The quantitative estimate of drug-likeness (QED) is 0.762. The zero-order valence-corrected chi connectivity index (χ0v) is 14.3. The molecular formula is C18H19N5O2. The number of carbonyl (C=O) groups excluding carboxylic acids is 1. The van der Waals surface area contributed by atoms with Gasteiger partial charge in [-0.3, -0.25) is 9.59 Å². The van der Waals surface area contributed by atoms with Crippen molar-refractivity contribution in [3.63, 3.8) is 0 Å². The Morgan fingerprint density at radius 3 is 2.68 bits per heavy atom. The van der Waals surface area contributed by atoms with Crippen LogP contribution in [0.5, 0.6) is 0 Å². The second kappa shape index (κ2) is 6.72. The Bertz CT molecular complexity index is 953. The van der Waals surface area contributed by atoms with E-state index in [1.807, 2.05) is 49.7 Å². The highest BCUT2D eigenvalue weighted by Gasteiger charge is 2.18. The molecule has 0 saturated heterocycles. The van der Waals surface area contributed by atoms with Crippen molar-refractivity contribution < 1.29 is 4.79 Å². The zero-order valence-electron chi connectivity index (χ0n) is 14.3. The Morgan fingerprint density at radius 2 is 2.00 bits per heavy atom. The van der Waals surface area contributed by atoms with Gasteiger partial charge in [0.05, 0.1) is 24.1 Å². The van der Waals surface area contributed by atoms with Gasteiger partial charge in [-0.15, -0.1) is 0 Å². The molecule has 0 bridgehead atoms. The lowest BCUT2D eigenvalue weighted by atomic mass is 10.1. The minimum atomic E-state index is -0.355. The van der Waals surface area contributed by atoms with Crippen LogP contribution in [0, 0.1) is 13.8 Å². The van der Waals surface area contributed by atoms with E-state index in [0.29, 0.717) is 0 Å². The fourth-order valence-electron chi connectivity index (χ4n) is 2.71. The number of aromatic amines is 1. The van der Waals surface area contributed by atoms with E-state index in [1.54, 1.807) is 6.20 Å². The van der Waals surface area contributed by atoms with Crippen molar-refractivity contribution in [1.82, 2.24) is 25.1 Å². The number of hydrogen-bond donors (Lipinski definition) is 2. The summed E-state index contributed by atoms with van der Waals surface area (Å²) in [5, 5.41) is 7.34. The van der Waals surface area contributed by atoms with Crippen molar-refractivity contribution in [3.8, 4) is 5.69 Å². The lowest BCUT2D eigenvalue weighted by Gasteiger charge is -2.14. The fourth-order valence-corrected chi connectivity index (χ4v) is 2.71. The van der Waals surface area contributed by atoms with Crippen LogP contribution in [0.1, 0.15) is 40.3 Å². The summed E-state index contributed by atoms with van der Waals surface area (Å²) in [4.78, 5) is 29.6. The number of rotatable bonds is 4. The summed E-state index contributed by atoms with van der Waals surface area (Å²) >= 11 is 0. The molecule has 7 nitrogen and oxygen atoms in total. The predicted molar refractivity (Wildman–Crippen MR) is 93.8 cm³/mol. The number of H-pyrrole nitrogens is 1. The monoisotopic (exact) mass is 337 g/mol. The van der Waals surface area contributed by atoms with Crippen LogP contribution in [-0.2, 0) is 0 Å². The number of aryl methyl sites for hydroxylation is 1. The molecule has 0 spiro atoms. The summed E-state index contributed by atoms with van der Waals surface area (Å²) in [6.07, 6.45) is 4.14. The minimum absolute atomic E-state index is 0.162. The molecule has 0 radical (unpaired) electrons. The zero-order chi connectivity index (χ0) is 18.0. The number of benzene rings is 1. The SMILES string of the molecule is Cc1ccccc1-n1ncc(C(C)NC(=O)c2c[nH]c(=O)cn2)c1C. The van der Waals surface area contributed by atoms with Crippen molar-refractivity contribution in [2.45, 2.75) is 26.8 Å². The van der Waals surface area contributed by atoms with Gasteiger partial charge in [-0.2, -0.15) is 5.10 Å². The number of nitrogens with zero attached hydrogens (tertiary/aromatic N) is 3. The molecule has 1 atom stereocenters. The number of amides is 1. The van der Waals surface area contributed by atoms with Crippen LogP contribution < -0.4 is 10.9 Å². The van der Waals surface area contributed by atoms with E-state index in [2.05, 4.69) is 20.4 Å². The van der Waals surface area contributed by atoms with E-state index in [0.717, 1.165) is 28.7 Å². The number of aromatic nitrogens is 4. The number of para-hydroxylation sites is 1. The van der Waals surface area contributed by atoms with Gasteiger partial charge < -0.3 is 10.3 Å². The van der Waals surface area contributed by atoms with Crippen LogP contribution in [-0.4, -0.2) is 25.7 Å². The van der Waals surface area contributed by atoms with Crippen LogP contribution in [0.25, 0.3) is 5.69 Å². The smallest absolute Gasteiger partial charge is 0.271 e. The molecule has 2 aromatic heterocycles. The van der Waals surface area contributed by atoms with E-state index in [4.69, 9.17) is 0 Å². The van der Waals surface area contributed by atoms with Crippen LogP contribution in [0.4, 0.5) is 0 Å². The third-order valence-corrected chi connectivity index (χ3v) is 4.11. The summed E-state index contributed by atoms with van der Waals surface area (Å²) in [6.45, 7) is 5.88. The van der Waals surface area contributed by atoms with Gasteiger partial charge in [-0.1, -0.05) is 18.2 Å². The molecule has 1 amide bonds. The van der Waals surface area contributed by atoms with E-state index < -0.39 is 0 Å². The summed E-state index contributed by atoms with van der Waals surface area (Å²) in [5.41, 5.74) is 3.81. The number of carbonyl (C=O) groups is 1. The maximum Gasteiger partial charge on any atom is 0.271 e. The Balaban J connectivity index is 1.83. The highest BCUT2D eigenvalue weighted by Crippen LogP contribution is 2.22. The molecule has 3 aromatic rings. The molecular weight excluding hydrogens is 318 g/mol. The molecule has 2 N–H and O–H groups in total. The van der Waals surface area contributed by atoms with Crippen molar-refractivity contribution in [1.29, 1.82) is 0 Å². The molecule has 128 valence electrons. The molecule has 2 heterocycles. The van der Waals surface area contributed by atoms with E-state index in [1.165, 1.54) is 6.20 Å². The van der Waals surface area contributed by atoms with Crippen LogP contribution in [0.15, 0.2) is 47.7 Å². The van der Waals surface area contributed by atoms with Gasteiger partial charge in [0.15, 0.2) is 0 Å². The van der Waals surface area contributed by atoms with E-state index >= 15 is 0 Å². The molecule has 1 aromatic carbocycles. The Labute approximate surface area is 144 Å². The molecule has 0 aliphatic heterocycles. The Hall–Kier alpha value is -3.22. The molecule has 0 aliphatic rings. The van der Waals surface area contributed by atoms with Gasteiger partial charge in [0.1, 0.15) is 5.69 Å². The largest absolute Gasteiger partial charge is 0.344 e. The second-order valence-corrected chi connectivity index (χ2v) is 5.88. The predicted octanol–water partition coefficient (Wildman–Crippen LogP) is 2.06. The van der Waals surface area contributed by atoms with Crippen molar-refractivity contribution in [2.24, 2.45) is 0 Å². The van der Waals surface area contributed by atoms with Gasteiger partial charge in [0.25, 0.3) is 11.5 Å². The molecule has 0 fully saturated rings. The topological polar surface area (TPSA) is 92.7 Å². The highest BCUT2D eigenvalue weighted by atomic mass is 16.2. The lowest BCUT2D eigenvalue weighted by molar-refractivity contribution is 0.0934. The first-order valence-corrected chi connectivity index (χ1v) is 7.93. The van der Waals surface area contributed by atoms with E-state index in [-0.39, 0.29) is 23.2 Å². The van der Waals surface area contributed by atoms with Gasteiger partial charge >= 0.3 is 0 Å². The van der Waals surface area contributed by atoms with Crippen LogP contribution in [0.3, 0.4) is 0 Å². The lowest BCUT2D eigenvalue weighted by Crippen LogP contribution is -2.28. The average molecular weight is 337 g/mol. The summed E-state index contributed by atoms with van der Waals surface area (Å²) in [7, 11) is 0. The fraction of sp³-hybridized carbons (Fsp3) is 0.222. The third kappa shape index (κ3) is 3.35. The standard InChI is InChI=1S/C18H19N5O2/c1-11-6-4-5-7-16(11)23-13(3)14(8-21-23)12(2)22-18(25)15-9-20-17(24)10-19-15/h4-10,12H,1-3H3,(H,20,24)(H,22,25). The van der Waals surface area contributed by atoms with Gasteiger partial charge in [-0.05, 0) is 32.4 Å². The molecule has 25 heavy (non-hydrogen) atoms. The Kier molecular flexibility index (Phi) is 4.47. The molecule has 0 saturated carbocycles. The van der Waals surface area contributed by atoms with Crippen LogP contribution >= 0.6 is 0 Å². The van der Waals surface area contributed by atoms with Crippen molar-refractivity contribution in [3.05, 3.63) is 75.7 Å².